The molecule has 2 atom stereocenters. The molecule has 7 rings (SSSR count). The van der Waals surface area contributed by atoms with Crippen LogP contribution in [0.25, 0.3) is 11.5 Å². The SMILES string of the molecule is CC1(c2ccn(C3CC3)n2)CC(C(=O)Nc2cnc(-n3nccn3)c(Cl)c2)c2cnc3cc(F)nn3c21. The van der Waals surface area contributed by atoms with Crippen molar-refractivity contribution < 1.29 is 9.18 Å². The number of fused-ring (bicyclic) bond motifs is 3. The lowest BCUT2D eigenvalue weighted by Crippen LogP contribution is -2.26. The molecule has 0 aromatic carbocycles. The van der Waals surface area contributed by atoms with Crippen molar-refractivity contribution in [2.45, 2.75) is 43.6 Å². The Balaban J connectivity index is 1.26. The van der Waals surface area contributed by atoms with E-state index >= 15 is 0 Å². The summed E-state index contributed by atoms with van der Waals surface area (Å²) in [4.78, 5) is 23.6. The van der Waals surface area contributed by atoms with Crippen LogP contribution in [0.5, 0.6) is 0 Å². The first kappa shape index (κ1) is 22.0. The molecule has 37 heavy (non-hydrogen) atoms. The summed E-state index contributed by atoms with van der Waals surface area (Å²) in [5.74, 6) is -1.13. The molecular formula is C24H20ClFN10O. The zero-order chi connectivity index (χ0) is 25.3. The molecule has 186 valence electrons. The molecule has 0 aliphatic heterocycles. The molecule has 2 unspecified atom stereocenters. The normalized spacial score (nSPS) is 20.9. The van der Waals surface area contributed by atoms with Gasteiger partial charge in [0.2, 0.25) is 11.9 Å². The topological polar surface area (TPSA) is 121 Å². The molecule has 1 N–H and O–H groups in total. The first-order valence-electron chi connectivity index (χ1n) is 11.8. The minimum Gasteiger partial charge on any atom is -0.324 e. The monoisotopic (exact) mass is 518 g/mol. The lowest BCUT2D eigenvalue weighted by atomic mass is 9.82. The predicted octanol–water partition coefficient (Wildman–Crippen LogP) is 3.46. The van der Waals surface area contributed by atoms with Gasteiger partial charge in [0.05, 0.1) is 58.1 Å². The zero-order valence-electron chi connectivity index (χ0n) is 19.6. The fraction of sp³-hybridized carbons (Fsp3) is 0.292. The standard InChI is InChI=1S/C24H20ClFN10O/c1-24(18-4-7-34(32-18)14-2-3-14)10-15(16-12-27-20-9-19(26)33-35(20)21(16)24)23(37)31-13-8-17(25)22(28-11-13)36-29-5-6-30-36/h4-9,11-12,14-15H,2-3,10H2,1H3,(H,31,37). The van der Waals surface area contributed by atoms with Gasteiger partial charge in [0, 0.05) is 24.0 Å². The second-order valence-corrected chi connectivity index (χ2v) is 10.0. The second-order valence-electron chi connectivity index (χ2n) is 9.64. The fourth-order valence-electron chi connectivity index (χ4n) is 5.18. The Bertz CT molecular complexity index is 1670. The quantitative estimate of drug-likeness (QED) is 0.378. The van der Waals surface area contributed by atoms with E-state index in [2.05, 4.69) is 30.6 Å². The Morgan fingerprint density at radius 1 is 1.16 bits per heavy atom. The Morgan fingerprint density at radius 3 is 2.73 bits per heavy atom. The number of amides is 1. The highest BCUT2D eigenvalue weighted by Gasteiger charge is 2.48. The number of nitrogens with one attached hydrogen (secondary N) is 1. The molecule has 1 amide bonds. The molecule has 13 heteroatoms. The third kappa shape index (κ3) is 3.50. The highest BCUT2D eigenvalue weighted by Crippen LogP contribution is 2.50. The molecule has 11 nitrogen and oxygen atoms in total. The van der Waals surface area contributed by atoms with Gasteiger partial charge in [0.15, 0.2) is 11.5 Å². The van der Waals surface area contributed by atoms with Crippen LogP contribution in [0.3, 0.4) is 0 Å². The Kier molecular flexibility index (Phi) is 4.71. The van der Waals surface area contributed by atoms with E-state index in [1.54, 1.807) is 12.3 Å². The number of pyridine rings is 1. The maximum Gasteiger partial charge on any atom is 0.235 e. The number of carbonyl (C=O) groups excluding carboxylic acids is 1. The minimum absolute atomic E-state index is 0.261. The van der Waals surface area contributed by atoms with Gasteiger partial charge in [-0.2, -0.15) is 19.7 Å². The summed E-state index contributed by atoms with van der Waals surface area (Å²) in [6, 6.07) is 5.26. The zero-order valence-corrected chi connectivity index (χ0v) is 20.3. The number of anilines is 1. The van der Waals surface area contributed by atoms with E-state index < -0.39 is 17.3 Å². The molecule has 0 radical (unpaired) electrons. The number of aromatic nitrogens is 9. The summed E-state index contributed by atoms with van der Waals surface area (Å²) in [7, 11) is 0. The van der Waals surface area contributed by atoms with Gasteiger partial charge in [-0.25, -0.2) is 14.5 Å². The van der Waals surface area contributed by atoms with E-state index in [4.69, 9.17) is 16.7 Å². The minimum atomic E-state index is -0.692. The van der Waals surface area contributed by atoms with Crippen molar-refractivity contribution in [2.75, 3.05) is 5.32 Å². The highest BCUT2D eigenvalue weighted by atomic mass is 35.5. The van der Waals surface area contributed by atoms with Crippen molar-refractivity contribution in [2.24, 2.45) is 0 Å². The third-order valence-corrected chi connectivity index (χ3v) is 7.38. The van der Waals surface area contributed by atoms with Crippen molar-refractivity contribution in [3.63, 3.8) is 0 Å². The van der Waals surface area contributed by atoms with Crippen molar-refractivity contribution in [1.82, 2.24) is 44.4 Å². The molecule has 0 saturated heterocycles. The second kappa shape index (κ2) is 7.90. The number of nitrogens with zero attached hydrogens (tertiary/aromatic N) is 9. The summed E-state index contributed by atoms with van der Waals surface area (Å²) in [5.41, 5.74) is 2.30. The highest BCUT2D eigenvalue weighted by molar-refractivity contribution is 6.32. The van der Waals surface area contributed by atoms with Gasteiger partial charge < -0.3 is 5.32 Å². The van der Waals surface area contributed by atoms with Crippen LogP contribution in [0.2, 0.25) is 5.02 Å². The summed E-state index contributed by atoms with van der Waals surface area (Å²) in [6.07, 6.45) is 10.8. The number of carbonyl (C=O) groups is 1. The summed E-state index contributed by atoms with van der Waals surface area (Å²) < 4.78 is 17.6. The Labute approximate surface area is 214 Å². The molecule has 5 aromatic rings. The molecule has 0 spiro atoms. The average Bonchev–Trinajstić information content (AvgIpc) is 3.26. The molecule has 0 bridgehead atoms. The van der Waals surface area contributed by atoms with Gasteiger partial charge in [-0.05, 0) is 38.3 Å². The van der Waals surface area contributed by atoms with Gasteiger partial charge in [-0.15, -0.1) is 9.90 Å². The number of halogens is 2. The molecule has 5 aromatic heterocycles. The van der Waals surface area contributed by atoms with E-state index in [1.807, 2.05) is 23.9 Å². The van der Waals surface area contributed by atoms with Crippen LogP contribution in [0, 0.1) is 5.95 Å². The largest absolute Gasteiger partial charge is 0.324 e. The number of hydrogen-bond donors (Lipinski definition) is 1. The van der Waals surface area contributed by atoms with E-state index in [0.29, 0.717) is 40.9 Å². The summed E-state index contributed by atoms with van der Waals surface area (Å²) in [6.45, 7) is 2.02. The average molecular weight is 519 g/mol. The first-order valence-corrected chi connectivity index (χ1v) is 12.2. The van der Waals surface area contributed by atoms with Crippen LogP contribution in [0.4, 0.5) is 10.1 Å². The van der Waals surface area contributed by atoms with Gasteiger partial charge in [0.1, 0.15) is 0 Å². The van der Waals surface area contributed by atoms with Gasteiger partial charge in [-0.1, -0.05) is 11.6 Å². The van der Waals surface area contributed by atoms with E-state index in [-0.39, 0.29) is 10.9 Å². The van der Waals surface area contributed by atoms with Gasteiger partial charge in [0.25, 0.3) is 0 Å². The molecule has 5 heterocycles. The van der Waals surface area contributed by atoms with E-state index in [9.17, 15) is 9.18 Å². The van der Waals surface area contributed by atoms with Crippen molar-refractivity contribution in [3.05, 3.63) is 77.1 Å². The van der Waals surface area contributed by atoms with E-state index in [1.165, 1.54) is 34.0 Å². The van der Waals surface area contributed by atoms with Crippen LogP contribution in [0.15, 0.2) is 49.2 Å². The lowest BCUT2D eigenvalue weighted by Gasteiger charge is -2.23. The Morgan fingerprint density at radius 2 is 1.97 bits per heavy atom. The van der Waals surface area contributed by atoms with Crippen molar-refractivity contribution >= 4 is 28.8 Å². The number of hydrogen-bond acceptors (Lipinski definition) is 7. The van der Waals surface area contributed by atoms with Crippen LogP contribution >= 0.6 is 11.6 Å². The summed E-state index contributed by atoms with van der Waals surface area (Å²) in [5, 5.41) is 20.2. The lowest BCUT2D eigenvalue weighted by molar-refractivity contribution is -0.117. The molecule has 1 saturated carbocycles. The molecule has 2 aliphatic rings. The van der Waals surface area contributed by atoms with Crippen molar-refractivity contribution in [3.8, 4) is 5.82 Å². The van der Waals surface area contributed by atoms with Crippen LogP contribution < -0.4 is 5.32 Å². The first-order chi connectivity index (χ1) is 17.9. The van der Waals surface area contributed by atoms with Crippen LogP contribution in [-0.4, -0.2) is 50.3 Å². The molecular weight excluding hydrogens is 499 g/mol. The third-order valence-electron chi connectivity index (χ3n) is 7.10. The summed E-state index contributed by atoms with van der Waals surface area (Å²) >= 11 is 6.39. The maximum absolute atomic E-state index is 14.2. The van der Waals surface area contributed by atoms with Crippen molar-refractivity contribution in [1.29, 1.82) is 0 Å². The van der Waals surface area contributed by atoms with E-state index in [0.717, 1.165) is 18.5 Å². The predicted molar refractivity (Wildman–Crippen MR) is 130 cm³/mol. The van der Waals surface area contributed by atoms with Gasteiger partial charge >= 0.3 is 0 Å². The number of rotatable bonds is 5. The molecule has 2 aliphatic carbocycles. The maximum atomic E-state index is 14.2. The Hall–Kier alpha value is -4.19. The van der Waals surface area contributed by atoms with Crippen LogP contribution in [-0.2, 0) is 10.2 Å². The molecule has 1 fully saturated rings. The smallest absolute Gasteiger partial charge is 0.235 e. The van der Waals surface area contributed by atoms with Gasteiger partial charge in [-0.3, -0.25) is 9.48 Å². The van der Waals surface area contributed by atoms with Crippen LogP contribution in [0.1, 0.15) is 55.1 Å². The fourth-order valence-corrected chi connectivity index (χ4v) is 5.42.